The van der Waals surface area contributed by atoms with Crippen LogP contribution >= 0.6 is 0 Å². The Morgan fingerprint density at radius 3 is 1.06 bits per heavy atom. The average molecular weight is 719 g/mol. The summed E-state index contributed by atoms with van der Waals surface area (Å²) >= 11 is 0. The van der Waals surface area contributed by atoms with Gasteiger partial charge in [-0.05, 0) is 64.2 Å². The van der Waals surface area contributed by atoms with Gasteiger partial charge in [0.2, 0.25) is 0 Å². The smallest absolute Gasteiger partial charge is 0.306 e. The number of carbonyl (C=O) groups is 2. The molecular formula is C47H90O4. The summed E-state index contributed by atoms with van der Waals surface area (Å²) in [5, 5.41) is 8.85. The average Bonchev–Trinajstić information content (AvgIpc) is 3.12. The molecule has 4 heteroatoms. The van der Waals surface area contributed by atoms with E-state index in [0.29, 0.717) is 6.42 Å². The summed E-state index contributed by atoms with van der Waals surface area (Å²) in [6.45, 7) is 4.57. The summed E-state index contributed by atoms with van der Waals surface area (Å²) in [4.78, 5) is 23.5. The number of carboxylic acid groups (broad SMARTS) is 1. The Bertz CT molecular complexity index is 732. The van der Waals surface area contributed by atoms with Crippen LogP contribution in [0.25, 0.3) is 0 Å². The summed E-state index contributed by atoms with van der Waals surface area (Å²) in [6.07, 6.45) is 53.9. The number of aliphatic carboxylic acids is 1. The molecule has 0 amide bonds. The molecule has 0 aliphatic heterocycles. The van der Waals surface area contributed by atoms with E-state index in [0.717, 1.165) is 64.2 Å². The number of hydrogen-bond acceptors (Lipinski definition) is 3. The van der Waals surface area contributed by atoms with E-state index in [-0.39, 0.29) is 18.5 Å². The summed E-state index contributed by atoms with van der Waals surface area (Å²) in [5.41, 5.74) is 0. The van der Waals surface area contributed by atoms with Gasteiger partial charge in [0.25, 0.3) is 0 Å². The topological polar surface area (TPSA) is 63.6 Å². The van der Waals surface area contributed by atoms with Crippen molar-refractivity contribution in [2.45, 2.75) is 277 Å². The lowest BCUT2D eigenvalue weighted by Crippen LogP contribution is -2.18. The number of hydrogen-bond donors (Lipinski definition) is 1. The number of unbranched alkanes of at least 4 members (excludes halogenated alkanes) is 32. The van der Waals surface area contributed by atoms with Gasteiger partial charge < -0.3 is 9.84 Å². The Kier molecular flexibility index (Phi) is 42.0. The molecule has 0 aliphatic carbocycles. The fraction of sp³-hybridized carbons (Fsp3) is 0.915. The highest BCUT2D eigenvalue weighted by atomic mass is 16.5. The van der Waals surface area contributed by atoms with Crippen LogP contribution in [0, 0.1) is 0 Å². The first-order valence-electron chi connectivity index (χ1n) is 23.2. The number of ether oxygens (including phenoxy) is 1. The first kappa shape index (κ1) is 49.7. The standard InChI is InChI=1S/C47H90O4/c1-3-5-7-9-11-13-15-17-19-20-21-23-25-27-29-31-36-40-44-47(50)51-45(42-38-34-32-35-39-43-46(48)49)41-37-33-30-28-26-24-22-18-16-14-12-10-8-6-4-2/h19-20,45H,3-18,21-44H2,1-2H3,(H,48,49)/b20-19-. The fourth-order valence-corrected chi connectivity index (χ4v) is 7.30. The van der Waals surface area contributed by atoms with Gasteiger partial charge in [0.1, 0.15) is 6.10 Å². The molecule has 1 unspecified atom stereocenters. The lowest BCUT2D eigenvalue weighted by atomic mass is 10.0. The van der Waals surface area contributed by atoms with Gasteiger partial charge in [0, 0.05) is 12.8 Å². The fourth-order valence-electron chi connectivity index (χ4n) is 7.30. The van der Waals surface area contributed by atoms with Crippen molar-refractivity contribution < 1.29 is 19.4 Å². The van der Waals surface area contributed by atoms with E-state index < -0.39 is 5.97 Å². The Morgan fingerprint density at radius 1 is 0.412 bits per heavy atom. The lowest BCUT2D eigenvalue weighted by molar-refractivity contribution is -0.150. The van der Waals surface area contributed by atoms with E-state index in [1.54, 1.807) is 0 Å². The number of rotatable bonds is 43. The molecule has 0 fully saturated rings. The maximum Gasteiger partial charge on any atom is 0.306 e. The maximum atomic E-state index is 12.7. The van der Waals surface area contributed by atoms with Crippen molar-refractivity contribution in [3.8, 4) is 0 Å². The summed E-state index contributed by atoms with van der Waals surface area (Å²) in [6, 6.07) is 0. The molecule has 0 aliphatic rings. The summed E-state index contributed by atoms with van der Waals surface area (Å²) in [7, 11) is 0. The van der Waals surface area contributed by atoms with Crippen molar-refractivity contribution in [2.75, 3.05) is 0 Å². The molecule has 51 heavy (non-hydrogen) atoms. The van der Waals surface area contributed by atoms with Crippen LogP contribution in [0.2, 0.25) is 0 Å². The molecule has 0 spiro atoms. The molecule has 0 radical (unpaired) electrons. The van der Waals surface area contributed by atoms with Crippen molar-refractivity contribution in [3.05, 3.63) is 12.2 Å². The Balaban J connectivity index is 3.96. The van der Waals surface area contributed by atoms with Gasteiger partial charge in [0.05, 0.1) is 0 Å². The molecule has 0 aromatic carbocycles. The SMILES string of the molecule is CCCCCCCCC/C=C\CCCCCCCCCC(=O)OC(CCCCCCCCCCCCCCCCC)CCCCCCCC(=O)O. The molecule has 0 saturated carbocycles. The zero-order valence-corrected chi connectivity index (χ0v) is 34.7. The molecule has 0 aromatic heterocycles. The predicted molar refractivity (Wildman–Crippen MR) is 223 cm³/mol. The molecule has 0 bridgehead atoms. The first-order chi connectivity index (χ1) is 25.1. The maximum absolute atomic E-state index is 12.7. The van der Waals surface area contributed by atoms with Crippen LogP contribution in [-0.4, -0.2) is 23.1 Å². The highest BCUT2D eigenvalue weighted by Crippen LogP contribution is 2.19. The van der Waals surface area contributed by atoms with Crippen molar-refractivity contribution in [2.24, 2.45) is 0 Å². The second-order valence-corrected chi connectivity index (χ2v) is 15.9. The third-order valence-electron chi connectivity index (χ3n) is 10.7. The molecular weight excluding hydrogens is 629 g/mol. The highest BCUT2D eigenvalue weighted by molar-refractivity contribution is 5.69. The van der Waals surface area contributed by atoms with E-state index in [9.17, 15) is 9.59 Å². The summed E-state index contributed by atoms with van der Waals surface area (Å²) < 4.78 is 6.04. The monoisotopic (exact) mass is 719 g/mol. The minimum atomic E-state index is -0.696. The number of carboxylic acids is 1. The van der Waals surface area contributed by atoms with Crippen molar-refractivity contribution in [1.29, 1.82) is 0 Å². The van der Waals surface area contributed by atoms with Gasteiger partial charge in [-0.1, -0.05) is 206 Å². The van der Waals surface area contributed by atoms with Crippen LogP contribution in [-0.2, 0) is 14.3 Å². The largest absolute Gasteiger partial charge is 0.481 e. The lowest BCUT2D eigenvalue weighted by Gasteiger charge is -2.18. The van der Waals surface area contributed by atoms with Gasteiger partial charge in [0.15, 0.2) is 0 Å². The molecule has 302 valence electrons. The molecule has 1 N–H and O–H groups in total. The second-order valence-electron chi connectivity index (χ2n) is 15.9. The zero-order chi connectivity index (χ0) is 37.1. The predicted octanol–water partition coefficient (Wildman–Crippen LogP) is 16.2. The van der Waals surface area contributed by atoms with E-state index in [1.807, 2.05) is 0 Å². The zero-order valence-electron chi connectivity index (χ0n) is 34.7. The van der Waals surface area contributed by atoms with Gasteiger partial charge in [-0.25, -0.2) is 0 Å². The Morgan fingerprint density at radius 2 is 0.706 bits per heavy atom. The molecule has 4 nitrogen and oxygen atoms in total. The van der Waals surface area contributed by atoms with Crippen LogP contribution in [0.1, 0.15) is 271 Å². The highest BCUT2D eigenvalue weighted by Gasteiger charge is 2.14. The van der Waals surface area contributed by atoms with Crippen molar-refractivity contribution >= 4 is 11.9 Å². The minimum Gasteiger partial charge on any atom is -0.481 e. The van der Waals surface area contributed by atoms with Crippen LogP contribution in [0.15, 0.2) is 12.2 Å². The van der Waals surface area contributed by atoms with Gasteiger partial charge in [-0.2, -0.15) is 0 Å². The van der Waals surface area contributed by atoms with E-state index >= 15 is 0 Å². The molecule has 1 atom stereocenters. The quantitative estimate of drug-likeness (QED) is 0.0387. The van der Waals surface area contributed by atoms with E-state index in [1.165, 1.54) is 180 Å². The Labute approximate surface area is 319 Å². The molecule has 0 saturated heterocycles. The second kappa shape index (κ2) is 43.1. The van der Waals surface area contributed by atoms with Crippen molar-refractivity contribution in [3.63, 3.8) is 0 Å². The van der Waals surface area contributed by atoms with Crippen LogP contribution in [0.4, 0.5) is 0 Å². The normalized spacial score (nSPS) is 12.2. The van der Waals surface area contributed by atoms with Gasteiger partial charge >= 0.3 is 11.9 Å². The van der Waals surface area contributed by atoms with E-state index in [4.69, 9.17) is 9.84 Å². The molecule has 0 aromatic rings. The molecule has 0 heterocycles. The third-order valence-corrected chi connectivity index (χ3v) is 10.7. The summed E-state index contributed by atoms with van der Waals surface area (Å²) in [5.74, 6) is -0.691. The van der Waals surface area contributed by atoms with Gasteiger partial charge in [-0.3, -0.25) is 9.59 Å². The van der Waals surface area contributed by atoms with Crippen LogP contribution < -0.4 is 0 Å². The van der Waals surface area contributed by atoms with Gasteiger partial charge in [-0.15, -0.1) is 0 Å². The Hall–Kier alpha value is -1.32. The van der Waals surface area contributed by atoms with Crippen molar-refractivity contribution in [1.82, 2.24) is 0 Å². The number of allylic oxidation sites excluding steroid dienone is 2. The third kappa shape index (κ3) is 43.0. The van der Waals surface area contributed by atoms with E-state index in [2.05, 4.69) is 26.0 Å². The van der Waals surface area contributed by atoms with Crippen LogP contribution in [0.5, 0.6) is 0 Å². The molecule has 0 rings (SSSR count). The van der Waals surface area contributed by atoms with Crippen LogP contribution in [0.3, 0.4) is 0 Å². The number of esters is 1. The minimum absolute atomic E-state index is 0.00528. The number of carbonyl (C=O) groups excluding carboxylic acids is 1. The first-order valence-corrected chi connectivity index (χ1v) is 23.2.